The van der Waals surface area contributed by atoms with E-state index in [4.69, 9.17) is 16.3 Å². The Morgan fingerprint density at radius 1 is 1.03 bits per heavy atom. The average molecular weight is 513 g/mol. The van der Waals surface area contributed by atoms with Crippen molar-refractivity contribution in [2.75, 3.05) is 22.8 Å². The van der Waals surface area contributed by atoms with Crippen molar-refractivity contribution < 1.29 is 31.1 Å². The standard InChI is InChI=1S/C23H20ClF3N2O4S/c1-2-29(34(31,32)19-6-4-3-5-7-19)17-9-11-18(12-10-17)33-15-22(30)28-21-14-16(23(25,26)27)8-13-20(21)24/h3-14H,2,15H2,1H3,(H,28,30). The number of alkyl halides is 3. The van der Waals surface area contributed by atoms with E-state index in [0.29, 0.717) is 5.69 Å². The molecule has 0 saturated carbocycles. The Morgan fingerprint density at radius 3 is 2.26 bits per heavy atom. The molecule has 0 spiro atoms. The number of sulfonamides is 1. The highest BCUT2D eigenvalue weighted by atomic mass is 35.5. The first-order valence-corrected chi connectivity index (χ1v) is 11.8. The van der Waals surface area contributed by atoms with Crippen LogP contribution in [-0.4, -0.2) is 27.5 Å². The van der Waals surface area contributed by atoms with Crippen LogP contribution >= 0.6 is 11.6 Å². The van der Waals surface area contributed by atoms with Crippen LogP contribution in [0, 0.1) is 0 Å². The second-order valence-corrected chi connectivity index (χ2v) is 9.28. The largest absolute Gasteiger partial charge is 0.484 e. The van der Waals surface area contributed by atoms with E-state index in [0.717, 1.165) is 18.2 Å². The number of nitrogens with one attached hydrogen (secondary N) is 1. The van der Waals surface area contributed by atoms with Gasteiger partial charge >= 0.3 is 6.18 Å². The van der Waals surface area contributed by atoms with Crippen molar-refractivity contribution in [3.05, 3.63) is 83.4 Å². The van der Waals surface area contributed by atoms with E-state index in [1.807, 2.05) is 0 Å². The normalized spacial score (nSPS) is 11.7. The van der Waals surface area contributed by atoms with Crippen molar-refractivity contribution in [1.29, 1.82) is 0 Å². The Hall–Kier alpha value is -3.24. The fourth-order valence-electron chi connectivity index (χ4n) is 3.05. The van der Waals surface area contributed by atoms with Gasteiger partial charge in [-0.1, -0.05) is 29.8 Å². The van der Waals surface area contributed by atoms with Gasteiger partial charge in [0, 0.05) is 6.54 Å². The molecule has 3 rings (SSSR count). The van der Waals surface area contributed by atoms with Gasteiger partial charge in [0.05, 0.1) is 26.9 Å². The van der Waals surface area contributed by atoms with Crippen LogP contribution in [0.4, 0.5) is 24.5 Å². The predicted molar refractivity (Wildman–Crippen MR) is 124 cm³/mol. The summed E-state index contributed by atoms with van der Waals surface area (Å²) in [4.78, 5) is 12.3. The van der Waals surface area contributed by atoms with Gasteiger partial charge in [-0.05, 0) is 61.5 Å². The van der Waals surface area contributed by atoms with Gasteiger partial charge in [0.2, 0.25) is 0 Å². The SMILES string of the molecule is CCN(c1ccc(OCC(=O)Nc2cc(C(F)(F)F)ccc2Cl)cc1)S(=O)(=O)c1ccccc1. The van der Waals surface area contributed by atoms with Gasteiger partial charge in [0.15, 0.2) is 6.61 Å². The zero-order valence-electron chi connectivity index (χ0n) is 17.8. The maximum Gasteiger partial charge on any atom is 0.416 e. The van der Waals surface area contributed by atoms with Gasteiger partial charge < -0.3 is 10.1 Å². The van der Waals surface area contributed by atoms with Crippen molar-refractivity contribution in [3.63, 3.8) is 0 Å². The zero-order valence-corrected chi connectivity index (χ0v) is 19.4. The minimum Gasteiger partial charge on any atom is -0.484 e. The van der Waals surface area contributed by atoms with E-state index in [1.165, 1.54) is 40.7 Å². The third-order valence-electron chi connectivity index (χ3n) is 4.68. The average Bonchev–Trinajstić information content (AvgIpc) is 2.80. The minimum atomic E-state index is -4.58. The summed E-state index contributed by atoms with van der Waals surface area (Å²) in [6.45, 7) is 1.40. The van der Waals surface area contributed by atoms with Crippen LogP contribution in [0.5, 0.6) is 5.75 Å². The van der Waals surface area contributed by atoms with Crippen molar-refractivity contribution in [2.45, 2.75) is 18.0 Å². The van der Waals surface area contributed by atoms with Crippen LogP contribution in [-0.2, 0) is 21.0 Å². The summed E-state index contributed by atoms with van der Waals surface area (Å²) >= 11 is 5.87. The molecular formula is C23H20ClF3N2O4S. The molecule has 0 heterocycles. The van der Waals surface area contributed by atoms with Gasteiger partial charge in [-0.3, -0.25) is 9.10 Å². The number of carbonyl (C=O) groups is 1. The number of hydrogen-bond acceptors (Lipinski definition) is 4. The maximum atomic E-state index is 12.9. The molecule has 0 bridgehead atoms. The molecule has 3 aromatic rings. The summed E-state index contributed by atoms with van der Waals surface area (Å²) < 4.78 is 71.0. The molecule has 0 aliphatic heterocycles. The molecule has 0 atom stereocenters. The third kappa shape index (κ3) is 6.00. The Labute approximate surface area is 200 Å². The summed E-state index contributed by atoms with van der Waals surface area (Å²) in [6, 6.07) is 16.6. The molecule has 34 heavy (non-hydrogen) atoms. The number of ether oxygens (including phenoxy) is 1. The molecule has 0 unspecified atom stereocenters. The Morgan fingerprint density at radius 2 is 1.68 bits per heavy atom. The molecule has 0 saturated heterocycles. The highest BCUT2D eigenvalue weighted by Crippen LogP contribution is 2.34. The summed E-state index contributed by atoms with van der Waals surface area (Å²) in [5.41, 5.74) is -0.737. The summed E-state index contributed by atoms with van der Waals surface area (Å²) in [7, 11) is -3.76. The van der Waals surface area contributed by atoms with E-state index in [-0.39, 0.29) is 27.9 Å². The molecule has 1 amide bonds. The lowest BCUT2D eigenvalue weighted by Gasteiger charge is -2.23. The highest BCUT2D eigenvalue weighted by Gasteiger charge is 2.31. The number of amides is 1. The maximum absolute atomic E-state index is 12.9. The quantitative estimate of drug-likeness (QED) is 0.427. The number of nitrogens with zero attached hydrogens (tertiary/aromatic N) is 1. The van der Waals surface area contributed by atoms with Crippen LogP contribution in [0.15, 0.2) is 77.7 Å². The van der Waals surface area contributed by atoms with Gasteiger partial charge in [-0.15, -0.1) is 0 Å². The molecule has 11 heteroatoms. The lowest BCUT2D eigenvalue weighted by atomic mass is 10.2. The molecule has 3 aromatic carbocycles. The lowest BCUT2D eigenvalue weighted by molar-refractivity contribution is -0.137. The molecule has 0 fully saturated rings. The van der Waals surface area contributed by atoms with Crippen LogP contribution in [0.25, 0.3) is 0 Å². The fourth-order valence-corrected chi connectivity index (χ4v) is 4.71. The Kier molecular flexibility index (Phi) is 7.73. The number of rotatable bonds is 8. The molecule has 1 N–H and O–H groups in total. The van der Waals surface area contributed by atoms with Crippen molar-refractivity contribution in [2.24, 2.45) is 0 Å². The van der Waals surface area contributed by atoms with Crippen LogP contribution in [0.2, 0.25) is 5.02 Å². The first-order valence-electron chi connectivity index (χ1n) is 9.99. The molecule has 6 nitrogen and oxygen atoms in total. The van der Waals surface area contributed by atoms with E-state index in [2.05, 4.69) is 5.32 Å². The molecule has 0 aliphatic rings. The number of carbonyl (C=O) groups excluding carboxylic acids is 1. The number of benzene rings is 3. The molecular weight excluding hydrogens is 493 g/mol. The van der Waals surface area contributed by atoms with E-state index < -0.39 is 34.3 Å². The van der Waals surface area contributed by atoms with Crippen molar-refractivity contribution in [3.8, 4) is 5.75 Å². The van der Waals surface area contributed by atoms with Crippen molar-refractivity contribution in [1.82, 2.24) is 0 Å². The topological polar surface area (TPSA) is 75.7 Å². The summed E-state index contributed by atoms with van der Waals surface area (Å²) in [5.74, 6) is -0.450. The fraction of sp³-hybridized carbons (Fsp3) is 0.174. The van der Waals surface area contributed by atoms with Gasteiger partial charge in [-0.25, -0.2) is 8.42 Å². The van der Waals surface area contributed by atoms with Crippen LogP contribution in [0.3, 0.4) is 0 Å². The first-order chi connectivity index (χ1) is 16.0. The molecule has 0 aliphatic carbocycles. The molecule has 0 aromatic heterocycles. The van der Waals surface area contributed by atoms with Crippen molar-refractivity contribution >= 4 is 38.9 Å². The molecule has 0 radical (unpaired) electrons. The Bertz CT molecular complexity index is 1250. The third-order valence-corrected chi connectivity index (χ3v) is 6.93. The highest BCUT2D eigenvalue weighted by molar-refractivity contribution is 7.92. The summed E-state index contributed by atoms with van der Waals surface area (Å²) in [6.07, 6.45) is -4.58. The van der Waals surface area contributed by atoms with Gasteiger partial charge in [0.25, 0.3) is 15.9 Å². The van der Waals surface area contributed by atoms with Crippen LogP contribution in [0.1, 0.15) is 12.5 Å². The van der Waals surface area contributed by atoms with E-state index >= 15 is 0 Å². The second kappa shape index (κ2) is 10.4. The number of anilines is 2. The smallest absolute Gasteiger partial charge is 0.416 e. The second-order valence-electron chi connectivity index (χ2n) is 7.01. The first kappa shape index (κ1) is 25.4. The lowest BCUT2D eigenvalue weighted by Crippen LogP contribution is -2.30. The number of halogens is 4. The number of hydrogen-bond donors (Lipinski definition) is 1. The Balaban J connectivity index is 1.66. The minimum absolute atomic E-state index is 0.0509. The predicted octanol–water partition coefficient (Wildman–Crippen LogP) is 5.59. The van der Waals surface area contributed by atoms with E-state index in [9.17, 15) is 26.4 Å². The summed E-state index contributed by atoms with van der Waals surface area (Å²) in [5, 5.41) is 2.24. The van der Waals surface area contributed by atoms with Gasteiger partial charge in [0.1, 0.15) is 5.75 Å². The van der Waals surface area contributed by atoms with Crippen LogP contribution < -0.4 is 14.4 Å². The monoisotopic (exact) mass is 512 g/mol. The van der Waals surface area contributed by atoms with E-state index in [1.54, 1.807) is 25.1 Å². The molecule has 180 valence electrons. The van der Waals surface area contributed by atoms with Gasteiger partial charge in [-0.2, -0.15) is 13.2 Å². The zero-order chi connectivity index (χ0) is 24.9.